The van der Waals surface area contributed by atoms with E-state index < -0.39 is 17.8 Å². The van der Waals surface area contributed by atoms with Crippen LogP contribution in [-0.2, 0) is 28.5 Å². The van der Waals surface area contributed by atoms with Gasteiger partial charge in [0, 0.05) is 13.2 Å². The Kier molecular flexibility index (Phi) is 16.6. The fourth-order valence-electron chi connectivity index (χ4n) is 2.06. The number of carbonyl (C=O) groups is 1. The third-order valence-corrected chi connectivity index (χ3v) is 4.40. The molecule has 1 unspecified atom stereocenters. The van der Waals surface area contributed by atoms with Crippen LogP contribution < -0.4 is 0 Å². The Balaban J connectivity index is 4.02. The van der Waals surface area contributed by atoms with Gasteiger partial charge in [-0.25, -0.2) is 0 Å². The molecule has 0 heterocycles. The fourth-order valence-corrected chi connectivity index (χ4v) is 2.06. The number of esters is 1. The number of hydrogen-bond donors (Lipinski definition) is 2. The third kappa shape index (κ3) is 15.2. The van der Waals surface area contributed by atoms with E-state index in [4.69, 9.17) is 33.9 Å². The van der Waals surface area contributed by atoms with Gasteiger partial charge in [0.1, 0.15) is 26.3 Å². The minimum Gasteiger partial charge on any atom is -0.462 e. The van der Waals surface area contributed by atoms with Crippen molar-refractivity contribution in [2.24, 2.45) is 5.41 Å². The maximum absolute atomic E-state index is 12.1. The molecular formula is C20H40O8. The summed E-state index contributed by atoms with van der Waals surface area (Å²) in [4.78, 5) is 12.1. The standard InChI is InChI=1S/C20H40O8/c1-5-20(3,4)19(23)27-14-17(13-26-15-24-6-2)28-16-25-12-10-8-7-9-11-18(21)22/h17-18,21-22H,5-16H2,1-4H3. The molecule has 0 spiro atoms. The molecule has 2 N–H and O–H groups in total. The van der Waals surface area contributed by atoms with E-state index in [0.717, 1.165) is 25.7 Å². The van der Waals surface area contributed by atoms with E-state index in [2.05, 4.69) is 0 Å². The monoisotopic (exact) mass is 408 g/mol. The van der Waals surface area contributed by atoms with E-state index in [1.54, 1.807) is 0 Å². The van der Waals surface area contributed by atoms with Gasteiger partial charge in [-0.05, 0) is 46.5 Å². The van der Waals surface area contributed by atoms with Crippen LogP contribution in [-0.4, -0.2) is 68.6 Å². The molecule has 0 radical (unpaired) electrons. The lowest BCUT2D eigenvalue weighted by Gasteiger charge is -2.23. The van der Waals surface area contributed by atoms with Gasteiger partial charge in [-0.1, -0.05) is 19.8 Å². The minimum atomic E-state index is -1.22. The summed E-state index contributed by atoms with van der Waals surface area (Å²) in [6.45, 7) is 9.23. The first-order valence-electron chi connectivity index (χ1n) is 10.2. The molecular weight excluding hydrogens is 368 g/mol. The highest BCUT2D eigenvalue weighted by Gasteiger charge is 2.28. The highest BCUT2D eigenvalue weighted by Crippen LogP contribution is 2.21. The molecule has 0 bridgehead atoms. The van der Waals surface area contributed by atoms with Crippen molar-refractivity contribution in [2.75, 3.05) is 40.0 Å². The summed E-state index contributed by atoms with van der Waals surface area (Å²) < 4.78 is 27.0. The van der Waals surface area contributed by atoms with Gasteiger partial charge < -0.3 is 33.9 Å². The van der Waals surface area contributed by atoms with Crippen LogP contribution in [0.1, 0.15) is 66.2 Å². The van der Waals surface area contributed by atoms with Gasteiger partial charge in [0.2, 0.25) is 0 Å². The molecule has 168 valence electrons. The highest BCUT2D eigenvalue weighted by molar-refractivity contribution is 5.75. The Bertz CT molecular complexity index is 373. The molecule has 1 atom stereocenters. The predicted octanol–water partition coefficient (Wildman–Crippen LogP) is 2.60. The minimum absolute atomic E-state index is 0.0900. The van der Waals surface area contributed by atoms with Crippen LogP contribution in [0.4, 0.5) is 0 Å². The van der Waals surface area contributed by atoms with Gasteiger partial charge in [-0.15, -0.1) is 0 Å². The summed E-state index contributed by atoms with van der Waals surface area (Å²) in [6, 6.07) is 0. The molecule has 8 nitrogen and oxygen atoms in total. The molecule has 0 aliphatic heterocycles. The van der Waals surface area contributed by atoms with Crippen LogP contribution >= 0.6 is 0 Å². The second-order valence-electron chi connectivity index (χ2n) is 7.32. The van der Waals surface area contributed by atoms with E-state index in [1.165, 1.54) is 0 Å². The Morgan fingerprint density at radius 3 is 2.29 bits per heavy atom. The van der Waals surface area contributed by atoms with Crippen LogP contribution in [0.15, 0.2) is 0 Å². The SMILES string of the molecule is CCOCOCC(COC(=O)C(C)(C)CC)OCOCCCCCCC(O)O. The molecule has 0 amide bonds. The number of ether oxygens (including phenoxy) is 5. The summed E-state index contributed by atoms with van der Waals surface area (Å²) in [6.07, 6.45) is 2.99. The first kappa shape index (κ1) is 27.2. The zero-order chi connectivity index (χ0) is 21.3. The Hall–Kier alpha value is -0.770. The highest BCUT2D eigenvalue weighted by atomic mass is 16.7. The van der Waals surface area contributed by atoms with E-state index in [1.807, 2.05) is 27.7 Å². The van der Waals surface area contributed by atoms with Crippen LogP contribution in [0.5, 0.6) is 0 Å². The van der Waals surface area contributed by atoms with Crippen molar-refractivity contribution >= 4 is 5.97 Å². The predicted molar refractivity (Wildman–Crippen MR) is 104 cm³/mol. The van der Waals surface area contributed by atoms with Gasteiger partial charge in [0.05, 0.1) is 12.0 Å². The lowest BCUT2D eigenvalue weighted by atomic mass is 9.91. The van der Waals surface area contributed by atoms with Crippen LogP contribution in [0.3, 0.4) is 0 Å². The van der Waals surface area contributed by atoms with E-state index in [9.17, 15) is 4.79 Å². The summed E-state index contributed by atoms with van der Waals surface area (Å²) in [5.74, 6) is -0.262. The normalized spacial score (nSPS) is 13.1. The number of aliphatic hydroxyl groups is 2. The number of aliphatic hydroxyl groups excluding tert-OH is 1. The Labute approximate surface area is 169 Å². The second kappa shape index (κ2) is 17.1. The molecule has 0 aliphatic rings. The average Bonchev–Trinajstić information content (AvgIpc) is 2.66. The second-order valence-corrected chi connectivity index (χ2v) is 7.32. The number of unbranched alkanes of at least 4 members (excludes halogenated alkanes) is 3. The molecule has 0 saturated carbocycles. The fraction of sp³-hybridized carbons (Fsp3) is 0.950. The van der Waals surface area contributed by atoms with E-state index >= 15 is 0 Å². The zero-order valence-corrected chi connectivity index (χ0v) is 18.0. The lowest BCUT2D eigenvalue weighted by molar-refractivity contribution is -0.171. The molecule has 0 aromatic carbocycles. The maximum atomic E-state index is 12.1. The summed E-state index contributed by atoms with van der Waals surface area (Å²) in [5.41, 5.74) is -0.528. The lowest BCUT2D eigenvalue weighted by Crippen LogP contribution is -2.33. The molecule has 28 heavy (non-hydrogen) atoms. The quantitative estimate of drug-likeness (QED) is 0.191. The summed E-state index contributed by atoms with van der Waals surface area (Å²) >= 11 is 0. The molecule has 0 aliphatic carbocycles. The number of rotatable bonds is 19. The van der Waals surface area contributed by atoms with Crippen LogP contribution in [0, 0.1) is 5.41 Å². The third-order valence-electron chi connectivity index (χ3n) is 4.40. The molecule has 8 heteroatoms. The van der Waals surface area contributed by atoms with Crippen molar-refractivity contribution in [1.29, 1.82) is 0 Å². The molecule has 0 rings (SSSR count). The molecule has 0 aromatic rings. The number of carbonyl (C=O) groups excluding carboxylic acids is 1. The van der Waals surface area contributed by atoms with Gasteiger partial charge in [-0.3, -0.25) is 4.79 Å². The van der Waals surface area contributed by atoms with Crippen molar-refractivity contribution in [3.05, 3.63) is 0 Å². The number of hydrogen-bond acceptors (Lipinski definition) is 8. The Morgan fingerprint density at radius 2 is 1.64 bits per heavy atom. The zero-order valence-electron chi connectivity index (χ0n) is 18.0. The largest absolute Gasteiger partial charge is 0.462 e. The first-order chi connectivity index (χ1) is 13.3. The van der Waals surface area contributed by atoms with Crippen molar-refractivity contribution in [3.63, 3.8) is 0 Å². The molecule has 0 fully saturated rings. The summed E-state index contributed by atoms with van der Waals surface area (Å²) in [7, 11) is 0. The van der Waals surface area contributed by atoms with Gasteiger partial charge in [0.25, 0.3) is 0 Å². The summed E-state index contributed by atoms with van der Waals surface area (Å²) in [5, 5.41) is 17.5. The van der Waals surface area contributed by atoms with Crippen LogP contribution in [0.25, 0.3) is 0 Å². The first-order valence-corrected chi connectivity index (χ1v) is 10.2. The average molecular weight is 409 g/mol. The van der Waals surface area contributed by atoms with Crippen molar-refractivity contribution < 1.29 is 38.7 Å². The van der Waals surface area contributed by atoms with Gasteiger partial charge in [-0.2, -0.15) is 0 Å². The van der Waals surface area contributed by atoms with E-state index in [-0.39, 0.29) is 32.8 Å². The smallest absolute Gasteiger partial charge is 0.311 e. The molecule has 0 saturated heterocycles. The van der Waals surface area contributed by atoms with Crippen LogP contribution in [0.2, 0.25) is 0 Å². The maximum Gasteiger partial charge on any atom is 0.311 e. The van der Waals surface area contributed by atoms with Crippen molar-refractivity contribution in [2.45, 2.75) is 78.6 Å². The van der Waals surface area contributed by atoms with Crippen molar-refractivity contribution in [3.8, 4) is 0 Å². The van der Waals surface area contributed by atoms with Crippen molar-refractivity contribution in [1.82, 2.24) is 0 Å². The van der Waals surface area contributed by atoms with Gasteiger partial charge in [0.15, 0.2) is 6.29 Å². The molecule has 0 aromatic heterocycles. The van der Waals surface area contributed by atoms with E-state index in [0.29, 0.717) is 26.1 Å². The van der Waals surface area contributed by atoms with Gasteiger partial charge >= 0.3 is 5.97 Å². The Morgan fingerprint density at radius 1 is 0.929 bits per heavy atom. The topological polar surface area (TPSA) is 104 Å².